The van der Waals surface area contributed by atoms with Crippen molar-refractivity contribution in [2.75, 3.05) is 7.11 Å². The minimum atomic E-state index is -4.40. The molecule has 0 aliphatic rings. The molecule has 0 saturated heterocycles. The number of amides is 1. The zero-order valence-corrected chi connectivity index (χ0v) is 21.2. The Labute approximate surface area is 224 Å². The Hall–Kier alpha value is -4.43. The summed E-state index contributed by atoms with van der Waals surface area (Å²) >= 11 is 0. The van der Waals surface area contributed by atoms with Crippen LogP contribution < -0.4 is 10.6 Å². The summed E-state index contributed by atoms with van der Waals surface area (Å²) in [6.07, 6.45) is -5.16. The van der Waals surface area contributed by atoms with Gasteiger partial charge in [-0.3, -0.25) is 14.9 Å². The Bertz CT molecular complexity index is 1390. The summed E-state index contributed by atoms with van der Waals surface area (Å²) in [5, 5.41) is 6.00. The minimum Gasteiger partial charge on any atom is -0.469 e. The van der Waals surface area contributed by atoms with E-state index >= 15 is 0 Å². The molecule has 0 radical (unpaired) electrons. The quantitative estimate of drug-likeness (QED) is 0.192. The zero-order valence-electron chi connectivity index (χ0n) is 21.2. The van der Waals surface area contributed by atoms with E-state index in [-0.39, 0.29) is 6.42 Å². The SMILES string of the molecule is COC(=O)CC(NCc1ccc(-c2ccccc2)cc1)NC(=O)c1ccc(-c2ccc(C(F)(F)F)cc2)cc1. The highest BCUT2D eigenvalue weighted by Gasteiger charge is 2.30. The number of benzene rings is 4. The van der Waals surface area contributed by atoms with Crippen LogP contribution in [0.3, 0.4) is 0 Å². The van der Waals surface area contributed by atoms with Gasteiger partial charge in [-0.2, -0.15) is 13.2 Å². The van der Waals surface area contributed by atoms with Crippen LogP contribution in [-0.4, -0.2) is 25.2 Å². The Morgan fingerprint density at radius 1 is 0.744 bits per heavy atom. The van der Waals surface area contributed by atoms with Crippen molar-refractivity contribution < 1.29 is 27.5 Å². The van der Waals surface area contributed by atoms with E-state index in [4.69, 9.17) is 4.74 Å². The summed E-state index contributed by atoms with van der Waals surface area (Å²) in [6.45, 7) is 0.407. The van der Waals surface area contributed by atoms with E-state index in [1.54, 1.807) is 24.3 Å². The van der Waals surface area contributed by atoms with Crippen LogP contribution in [-0.2, 0) is 22.3 Å². The first-order valence-electron chi connectivity index (χ1n) is 12.3. The lowest BCUT2D eigenvalue weighted by Gasteiger charge is -2.20. The fourth-order valence-electron chi connectivity index (χ4n) is 4.02. The standard InChI is InChI=1S/C31H27F3N2O3/c1-39-29(37)19-28(35-20-21-7-9-23(10-8-21)22-5-3-2-4-6-22)36-30(38)26-13-11-24(12-14-26)25-15-17-27(18-16-25)31(32,33)34/h2-18,28,35H,19-20H2,1H3,(H,36,38). The zero-order chi connectivity index (χ0) is 27.8. The fourth-order valence-corrected chi connectivity index (χ4v) is 4.02. The number of halogens is 3. The first-order valence-corrected chi connectivity index (χ1v) is 12.3. The van der Waals surface area contributed by atoms with E-state index < -0.39 is 29.8 Å². The Morgan fingerprint density at radius 3 is 1.79 bits per heavy atom. The molecule has 1 amide bonds. The lowest BCUT2D eigenvalue weighted by molar-refractivity contribution is -0.141. The van der Waals surface area contributed by atoms with Crippen molar-refractivity contribution in [2.45, 2.75) is 25.3 Å². The average molecular weight is 533 g/mol. The number of carbonyl (C=O) groups excluding carboxylic acids is 2. The Kier molecular flexibility index (Phi) is 8.78. The van der Waals surface area contributed by atoms with Gasteiger partial charge in [-0.05, 0) is 52.1 Å². The number of nitrogens with one attached hydrogen (secondary N) is 2. The molecule has 0 aliphatic heterocycles. The van der Waals surface area contributed by atoms with Crippen molar-refractivity contribution in [3.05, 3.63) is 120 Å². The molecule has 0 aromatic heterocycles. The van der Waals surface area contributed by atoms with E-state index in [1.165, 1.54) is 19.2 Å². The molecule has 0 fully saturated rings. The molecule has 0 heterocycles. The molecular formula is C31H27F3N2O3. The van der Waals surface area contributed by atoms with Crippen molar-refractivity contribution in [1.82, 2.24) is 10.6 Å². The summed E-state index contributed by atoms with van der Waals surface area (Å²) in [6, 6.07) is 29.3. The number of ether oxygens (including phenoxy) is 1. The predicted octanol–water partition coefficient (Wildman–Crippen LogP) is 6.45. The van der Waals surface area contributed by atoms with Crippen molar-refractivity contribution >= 4 is 11.9 Å². The van der Waals surface area contributed by atoms with Gasteiger partial charge >= 0.3 is 12.1 Å². The average Bonchev–Trinajstić information content (AvgIpc) is 2.96. The van der Waals surface area contributed by atoms with Gasteiger partial charge in [-0.1, -0.05) is 78.9 Å². The maximum Gasteiger partial charge on any atom is 0.416 e. The third kappa shape index (κ3) is 7.55. The van der Waals surface area contributed by atoms with Gasteiger partial charge in [0.1, 0.15) is 0 Å². The van der Waals surface area contributed by atoms with Gasteiger partial charge in [0.05, 0.1) is 25.3 Å². The number of hydrogen-bond donors (Lipinski definition) is 2. The van der Waals surface area contributed by atoms with Gasteiger partial charge in [-0.25, -0.2) is 0 Å². The number of methoxy groups -OCH3 is 1. The van der Waals surface area contributed by atoms with Crippen LogP contribution in [0.2, 0.25) is 0 Å². The molecule has 0 spiro atoms. The van der Waals surface area contributed by atoms with E-state index in [1.807, 2.05) is 54.6 Å². The third-order valence-corrected chi connectivity index (χ3v) is 6.21. The van der Waals surface area contributed by atoms with Gasteiger partial charge in [0.25, 0.3) is 5.91 Å². The second-order valence-electron chi connectivity index (χ2n) is 8.90. The molecular weight excluding hydrogens is 505 g/mol. The second kappa shape index (κ2) is 12.4. The number of rotatable bonds is 9. The highest BCUT2D eigenvalue weighted by molar-refractivity contribution is 5.95. The second-order valence-corrected chi connectivity index (χ2v) is 8.90. The van der Waals surface area contributed by atoms with Crippen LogP contribution in [0.15, 0.2) is 103 Å². The van der Waals surface area contributed by atoms with Gasteiger partial charge in [0.15, 0.2) is 0 Å². The van der Waals surface area contributed by atoms with Crippen LogP contribution in [0.4, 0.5) is 13.2 Å². The van der Waals surface area contributed by atoms with Crippen molar-refractivity contribution in [3.63, 3.8) is 0 Å². The van der Waals surface area contributed by atoms with Gasteiger partial charge in [0, 0.05) is 12.1 Å². The summed E-state index contributed by atoms with van der Waals surface area (Å²) in [7, 11) is 1.28. The molecule has 1 atom stereocenters. The summed E-state index contributed by atoms with van der Waals surface area (Å²) < 4.78 is 43.2. The summed E-state index contributed by atoms with van der Waals surface area (Å²) in [5.41, 5.74) is 4.05. The molecule has 1 unspecified atom stereocenters. The van der Waals surface area contributed by atoms with Crippen molar-refractivity contribution in [1.29, 1.82) is 0 Å². The van der Waals surface area contributed by atoms with Gasteiger partial charge in [0.2, 0.25) is 0 Å². The van der Waals surface area contributed by atoms with Crippen molar-refractivity contribution in [3.8, 4) is 22.3 Å². The number of carbonyl (C=O) groups is 2. The molecule has 4 aromatic rings. The molecule has 5 nitrogen and oxygen atoms in total. The van der Waals surface area contributed by atoms with E-state index in [0.29, 0.717) is 23.2 Å². The molecule has 2 N–H and O–H groups in total. The normalized spacial score (nSPS) is 12.0. The largest absolute Gasteiger partial charge is 0.469 e. The van der Waals surface area contributed by atoms with Gasteiger partial charge < -0.3 is 10.1 Å². The molecule has 0 bridgehead atoms. The predicted molar refractivity (Wildman–Crippen MR) is 143 cm³/mol. The maximum absolute atomic E-state index is 12.9. The van der Waals surface area contributed by atoms with Crippen LogP contribution in [0.1, 0.15) is 27.9 Å². The number of hydrogen-bond acceptors (Lipinski definition) is 4. The molecule has 0 saturated carbocycles. The van der Waals surface area contributed by atoms with Crippen LogP contribution in [0.25, 0.3) is 22.3 Å². The fraction of sp³-hybridized carbons (Fsp3) is 0.161. The number of alkyl halides is 3. The first-order chi connectivity index (χ1) is 18.7. The molecule has 39 heavy (non-hydrogen) atoms. The summed E-state index contributed by atoms with van der Waals surface area (Å²) in [4.78, 5) is 24.9. The Balaban J connectivity index is 1.39. The van der Waals surface area contributed by atoms with E-state index in [9.17, 15) is 22.8 Å². The summed E-state index contributed by atoms with van der Waals surface area (Å²) in [5.74, 6) is -0.889. The first kappa shape index (κ1) is 27.6. The monoisotopic (exact) mass is 532 g/mol. The molecule has 8 heteroatoms. The topological polar surface area (TPSA) is 67.4 Å². The minimum absolute atomic E-state index is 0.0754. The third-order valence-electron chi connectivity index (χ3n) is 6.21. The number of esters is 1. The molecule has 4 aromatic carbocycles. The Morgan fingerprint density at radius 2 is 1.26 bits per heavy atom. The van der Waals surface area contributed by atoms with Crippen molar-refractivity contribution in [2.24, 2.45) is 0 Å². The lowest BCUT2D eigenvalue weighted by Crippen LogP contribution is -2.46. The molecule has 4 rings (SSSR count). The van der Waals surface area contributed by atoms with Crippen LogP contribution in [0, 0.1) is 0 Å². The highest BCUT2D eigenvalue weighted by atomic mass is 19.4. The molecule has 0 aliphatic carbocycles. The van der Waals surface area contributed by atoms with E-state index in [0.717, 1.165) is 28.8 Å². The lowest BCUT2D eigenvalue weighted by atomic mass is 10.0. The smallest absolute Gasteiger partial charge is 0.416 e. The van der Waals surface area contributed by atoms with Crippen LogP contribution >= 0.6 is 0 Å². The molecule has 200 valence electrons. The van der Waals surface area contributed by atoms with Crippen LogP contribution in [0.5, 0.6) is 0 Å². The van der Waals surface area contributed by atoms with E-state index in [2.05, 4.69) is 10.6 Å². The maximum atomic E-state index is 12.9. The highest BCUT2D eigenvalue weighted by Crippen LogP contribution is 2.31. The van der Waals surface area contributed by atoms with Gasteiger partial charge in [-0.15, -0.1) is 0 Å².